The molecular formula is C62H82N10O8S. The maximum absolute atomic E-state index is 14.6. The molecule has 1 fully saturated rings. The van der Waals surface area contributed by atoms with Gasteiger partial charge in [0.05, 0.1) is 24.2 Å². The van der Waals surface area contributed by atoms with Crippen LogP contribution in [0.4, 0.5) is 5.69 Å². The molecule has 1 saturated heterocycles. The Morgan fingerprint density at radius 2 is 1.12 bits per heavy atom. The highest BCUT2D eigenvalue weighted by Gasteiger charge is 2.46. The predicted octanol–water partition coefficient (Wildman–Crippen LogP) is 5.43. The van der Waals surface area contributed by atoms with E-state index in [0.717, 1.165) is 49.7 Å². The molecule has 81 heavy (non-hydrogen) atoms. The molecule has 434 valence electrons. The summed E-state index contributed by atoms with van der Waals surface area (Å²) in [5.74, 6) is -3.23. The zero-order valence-electron chi connectivity index (χ0n) is 48.4. The van der Waals surface area contributed by atoms with Crippen LogP contribution in [0.15, 0.2) is 97.1 Å². The Morgan fingerprint density at radius 1 is 0.605 bits per heavy atom. The number of nitrogens with one attached hydrogen (secondary N) is 9. The van der Waals surface area contributed by atoms with Crippen LogP contribution in [-0.2, 0) is 48.0 Å². The first-order valence-corrected chi connectivity index (χ1v) is 29.4. The summed E-state index contributed by atoms with van der Waals surface area (Å²) in [7, 11) is 3.32. The van der Waals surface area contributed by atoms with Gasteiger partial charge in [0.25, 0.3) is 11.8 Å². The monoisotopic (exact) mass is 1130 g/mol. The molecule has 4 aromatic rings. The van der Waals surface area contributed by atoms with Crippen LogP contribution in [0.25, 0.3) is 0 Å². The molecule has 0 radical (unpaired) electrons. The van der Waals surface area contributed by atoms with Gasteiger partial charge in [0.2, 0.25) is 35.4 Å². The number of aryl methyl sites for hydroxylation is 2. The van der Waals surface area contributed by atoms with Gasteiger partial charge in [0, 0.05) is 40.6 Å². The maximum Gasteiger partial charge on any atom is 0.255 e. The molecule has 3 aliphatic rings. The summed E-state index contributed by atoms with van der Waals surface area (Å²) in [6.07, 6.45) is 7.22. The minimum Gasteiger partial charge on any atom is -0.347 e. The van der Waals surface area contributed by atoms with Gasteiger partial charge in [-0.15, -0.1) is 0 Å². The number of likely N-dealkylation sites (N-methyl/N-ethyl adjacent to an activating group) is 2. The van der Waals surface area contributed by atoms with Crippen LogP contribution in [0.5, 0.6) is 0 Å². The SMILES string of the molecule is CN[C@@H](C)C(=O)NC(C(=O)N1C[C@@H](NC(=O)c2ccc(C(=O)Nc3ccc(C[C@H](NC(=O)[C@@H](NC(=O)[C@H](C)NC)C(C)(C)SC)C(=O)N[C@@H]4CCCc5ccccc54)cc3)cc2)C[C@H]1C(=O)N[C@@H]1CCCc2ccccc21)C(C)(C)C. The number of hydrogen-bond acceptors (Lipinski definition) is 11. The van der Waals surface area contributed by atoms with Gasteiger partial charge in [-0.05, 0) is 163 Å². The second kappa shape index (κ2) is 27.1. The lowest BCUT2D eigenvalue weighted by Gasteiger charge is -2.36. The normalized spacial score (nSPS) is 19.7. The number of hydrogen-bond donors (Lipinski definition) is 9. The number of nitrogens with zero attached hydrogens (tertiary/aromatic N) is 1. The van der Waals surface area contributed by atoms with Crippen LogP contribution in [0, 0.1) is 5.41 Å². The molecule has 0 bridgehead atoms. The molecule has 9 N–H and O–H groups in total. The number of amides is 8. The fourth-order valence-electron chi connectivity index (χ4n) is 10.7. The summed E-state index contributed by atoms with van der Waals surface area (Å²) < 4.78 is -0.734. The Balaban J connectivity index is 1.02. The van der Waals surface area contributed by atoms with Crippen LogP contribution in [0.1, 0.15) is 141 Å². The van der Waals surface area contributed by atoms with Crippen LogP contribution in [-0.4, -0.2) is 126 Å². The van der Waals surface area contributed by atoms with Crippen LogP contribution >= 0.6 is 11.8 Å². The van der Waals surface area contributed by atoms with Gasteiger partial charge in [-0.3, -0.25) is 38.4 Å². The van der Waals surface area contributed by atoms with Crippen molar-refractivity contribution in [1.82, 2.24) is 47.4 Å². The Hall–Kier alpha value is -7.09. The van der Waals surface area contributed by atoms with Gasteiger partial charge in [0.1, 0.15) is 24.2 Å². The molecule has 18 nitrogen and oxygen atoms in total. The Bertz CT molecular complexity index is 2930. The molecule has 19 heteroatoms. The number of fused-ring (bicyclic) bond motifs is 2. The van der Waals surface area contributed by atoms with E-state index in [0.29, 0.717) is 11.3 Å². The van der Waals surface area contributed by atoms with E-state index in [1.807, 2.05) is 77.3 Å². The van der Waals surface area contributed by atoms with Crippen LogP contribution in [0.3, 0.4) is 0 Å². The molecule has 0 saturated carbocycles. The number of carbonyl (C=O) groups is 8. The summed E-state index contributed by atoms with van der Waals surface area (Å²) in [5, 5.41) is 27.0. The molecular weight excluding hydrogens is 1040 g/mol. The van der Waals surface area contributed by atoms with Crippen molar-refractivity contribution >= 4 is 64.7 Å². The summed E-state index contributed by atoms with van der Waals surface area (Å²) in [6, 6.07) is 23.0. The van der Waals surface area contributed by atoms with Crippen LogP contribution < -0.4 is 47.9 Å². The minimum absolute atomic E-state index is 0.0263. The van der Waals surface area contributed by atoms with Crippen molar-refractivity contribution in [2.45, 2.75) is 159 Å². The first kappa shape index (κ1) is 61.5. The smallest absolute Gasteiger partial charge is 0.255 e. The largest absolute Gasteiger partial charge is 0.347 e. The molecule has 7 rings (SSSR count). The highest BCUT2D eigenvalue weighted by atomic mass is 32.2. The Kier molecular flexibility index (Phi) is 20.6. The lowest BCUT2D eigenvalue weighted by atomic mass is 9.85. The third kappa shape index (κ3) is 15.5. The fourth-order valence-corrected chi connectivity index (χ4v) is 11.1. The fraction of sp³-hybridized carbons (Fsp3) is 0.484. The molecule has 1 aliphatic heterocycles. The van der Waals surface area contributed by atoms with E-state index in [2.05, 4.69) is 60.0 Å². The van der Waals surface area contributed by atoms with Gasteiger partial charge >= 0.3 is 0 Å². The predicted molar refractivity (Wildman–Crippen MR) is 316 cm³/mol. The number of likely N-dealkylation sites (tertiary alicyclic amines) is 1. The van der Waals surface area contributed by atoms with E-state index >= 15 is 0 Å². The van der Waals surface area contributed by atoms with Crippen molar-refractivity contribution in [1.29, 1.82) is 0 Å². The molecule has 0 aromatic heterocycles. The number of carbonyl (C=O) groups excluding carboxylic acids is 8. The number of thioether (sulfide) groups is 1. The Morgan fingerprint density at radius 3 is 1.65 bits per heavy atom. The average molecular weight is 1130 g/mol. The van der Waals surface area contributed by atoms with E-state index in [1.165, 1.54) is 52.1 Å². The summed E-state index contributed by atoms with van der Waals surface area (Å²) in [5.41, 5.74) is 5.43. The van der Waals surface area contributed by atoms with Crippen molar-refractivity contribution < 1.29 is 38.4 Å². The standard InChI is InChI=1S/C62H82N10O8S/c1-36(63-8)53(73)70-51(62(6,7)81-10)59(79)69-49(57(77)67-47-23-15-19-39-17-11-13-21-45(39)47)33-38-25-31-43(32-26-38)65-55(75)41-27-29-42(30-28-41)56(76)66-44-34-50(58(78)68-48-24-16-20-40-18-12-14-22-46(40)48)72(35-44)60(80)52(61(3,4)5)71-54(74)37(2)64-9/h11-14,17-18,21-22,25-32,36-37,44,47-52,63-64H,15-16,19-20,23-24,33-35H2,1-10H3,(H,65,75)(H,66,76)(H,67,77)(H,68,78)(H,69,79)(H,70,73)(H,71,74)/t36-,37-,44-,47+,48+,49-,50-,51+,52?/m0/s1. The van der Waals surface area contributed by atoms with E-state index < -0.39 is 76.1 Å². The Labute approximate surface area is 481 Å². The molecule has 1 heterocycles. The van der Waals surface area contributed by atoms with Gasteiger partial charge < -0.3 is 52.8 Å². The number of benzene rings is 4. The van der Waals surface area contributed by atoms with Crippen LogP contribution in [0.2, 0.25) is 0 Å². The van der Waals surface area contributed by atoms with Gasteiger partial charge in [0.15, 0.2) is 0 Å². The molecule has 1 unspecified atom stereocenters. The molecule has 8 amide bonds. The zero-order chi connectivity index (χ0) is 58.8. The van der Waals surface area contributed by atoms with Crippen molar-refractivity contribution in [3.05, 3.63) is 136 Å². The third-order valence-electron chi connectivity index (χ3n) is 16.1. The molecule has 4 aromatic carbocycles. The third-order valence-corrected chi connectivity index (χ3v) is 17.4. The lowest BCUT2D eigenvalue weighted by molar-refractivity contribution is -0.144. The second-order valence-corrected chi connectivity index (χ2v) is 24.7. The topological polar surface area (TPSA) is 248 Å². The average Bonchev–Trinajstić information content (AvgIpc) is 3.96. The summed E-state index contributed by atoms with van der Waals surface area (Å²) in [4.78, 5) is 113. The van der Waals surface area contributed by atoms with E-state index in [1.54, 1.807) is 52.2 Å². The zero-order valence-corrected chi connectivity index (χ0v) is 49.2. The van der Waals surface area contributed by atoms with E-state index in [4.69, 9.17) is 0 Å². The molecule has 9 atom stereocenters. The number of rotatable bonds is 21. The van der Waals surface area contributed by atoms with Crippen molar-refractivity contribution in [3.8, 4) is 0 Å². The second-order valence-electron chi connectivity index (χ2n) is 23.3. The van der Waals surface area contributed by atoms with Crippen molar-refractivity contribution in [2.75, 3.05) is 32.2 Å². The summed E-state index contributed by atoms with van der Waals surface area (Å²) >= 11 is 1.42. The first-order valence-electron chi connectivity index (χ1n) is 28.2. The number of anilines is 1. The quantitative estimate of drug-likeness (QED) is 0.0510. The molecule has 2 aliphatic carbocycles. The van der Waals surface area contributed by atoms with Gasteiger partial charge in [-0.25, -0.2) is 0 Å². The van der Waals surface area contributed by atoms with Crippen molar-refractivity contribution in [2.24, 2.45) is 5.41 Å². The molecule has 0 spiro atoms. The maximum atomic E-state index is 14.6. The van der Waals surface area contributed by atoms with E-state index in [9.17, 15) is 38.4 Å². The first-order chi connectivity index (χ1) is 38.5. The highest BCUT2D eigenvalue weighted by molar-refractivity contribution is 8.00. The minimum atomic E-state index is -1.02. The van der Waals surface area contributed by atoms with Gasteiger partial charge in [-0.2, -0.15) is 11.8 Å². The lowest BCUT2D eigenvalue weighted by Crippen LogP contribution is -2.61. The van der Waals surface area contributed by atoms with Crippen molar-refractivity contribution in [3.63, 3.8) is 0 Å². The van der Waals surface area contributed by atoms with Gasteiger partial charge in [-0.1, -0.05) is 81.4 Å². The van der Waals surface area contributed by atoms with E-state index in [-0.39, 0.29) is 66.2 Å². The summed E-state index contributed by atoms with van der Waals surface area (Å²) in [6.45, 7) is 12.7. The highest BCUT2D eigenvalue weighted by Crippen LogP contribution is 2.33.